The molecule has 0 saturated carbocycles. The molecule has 0 aromatic carbocycles. The minimum absolute atomic E-state index is 1.08. The van der Waals surface area contributed by atoms with Gasteiger partial charge in [-0.2, -0.15) is 0 Å². The smallest absolute Gasteiger partial charge is 0.0234 e. The van der Waals surface area contributed by atoms with Crippen molar-refractivity contribution >= 4 is 0 Å². The average Bonchev–Trinajstić information content (AvgIpc) is 2.04. The van der Waals surface area contributed by atoms with Crippen LogP contribution in [0.1, 0.15) is 27.2 Å². The molecule has 0 aliphatic rings. The van der Waals surface area contributed by atoms with E-state index in [4.69, 9.17) is 0 Å². The van der Waals surface area contributed by atoms with Crippen molar-refractivity contribution in [2.75, 3.05) is 0 Å². The van der Waals surface area contributed by atoms with E-state index in [-0.39, 0.29) is 0 Å². The van der Waals surface area contributed by atoms with Gasteiger partial charge in [0.15, 0.2) is 0 Å². The molecule has 0 heterocycles. The van der Waals surface area contributed by atoms with E-state index in [1.807, 2.05) is 25.2 Å². The second kappa shape index (κ2) is 6.66. The van der Waals surface area contributed by atoms with Crippen LogP contribution in [0.3, 0.4) is 0 Å². The standard InChI is InChI=1S/C12H18/c1-5-8-11(4)12(9-6-2)10-7-3/h6-10H,2,5H2,1,3-4H3/b10-7-,11-8-,12-9+. The van der Waals surface area contributed by atoms with Crippen LogP contribution in [0.4, 0.5) is 0 Å². The molecule has 66 valence electrons. The van der Waals surface area contributed by atoms with Gasteiger partial charge in [-0.05, 0) is 31.4 Å². The Morgan fingerprint density at radius 1 is 1.42 bits per heavy atom. The fourth-order valence-corrected chi connectivity index (χ4v) is 1.05. The zero-order chi connectivity index (χ0) is 9.40. The van der Waals surface area contributed by atoms with Crippen LogP contribution in [0, 0.1) is 0 Å². The zero-order valence-corrected chi connectivity index (χ0v) is 8.30. The SMILES string of the molecule is C=C/C=C(\C=C/C)C(/C)=C\CC. The molecule has 0 aliphatic heterocycles. The van der Waals surface area contributed by atoms with Gasteiger partial charge in [0.1, 0.15) is 0 Å². The van der Waals surface area contributed by atoms with Crippen LogP contribution in [0.5, 0.6) is 0 Å². The Morgan fingerprint density at radius 2 is 2.08 bits per heavy atom. The van der Waals surface area contributed by atoms with Gasteiger partial charge in [-0.3, -0.25) is 0 Å². The van der Waals surface area contributed by atoms with Crippen molar-refractivity contribution in [3.8, 4) is 0 Å². The van der Waals surface area contributed by atoms with Crippen LogP contribution >= 0.6 is 0 Å². The first kappa shape index (κ1) is 11.0. The van der Waals surface area contributed by atoms with Crippen LogP contribution in [0.25, 0.3) is 0 Å². The van der Waals surface area contributed by atoms with Gasteiger partial charge in [0.2, 0.25) is 0 Å². The van der Waals surface area contributed by atoms with Crippen LogP contribution in [-0.2, 0) is 0 Å². The molecule has 0 fully saturated rings. The molecule has 0 aromatic rings. The highest BCUT2D eigenvalue weighted by molar-refractivity contribution is 5.40. The van der Waals surface area contributed by atoms with E-state index >= 15 is 0 Å². The molecule has 0 heteroatoms. The molecule has 0 aromatic heterocycles. The third-order valence-corrected chi connectivity index (χ3v) is 1.61. The minimum atomic E-state index is 1.08. The number of allylic oxidation sites excluding steroid dienone is 7. The van der Waals surface area contributed by atoms with E-state index in [1.165, 1.54) is 11.1 Å². The molecule has 0 amide bonds. The first-order chi connectivity index (χ1) is 5.76. The lowest BCUT2D eigenvalue weighted by Gasteiger charge is -2.00. The highest BCUT2D eigenvalue weighted by Gasteiger charge is 1.91. The maximum Gasteiger partial charge on any atom is -0.0234 e. The molecule has 0 nitrogen and oxygen atoms in total. The topological polar surface area (TPSA) is 0 Å². The van der Waals surface area contributed by atoms with Crippen LogP contribution in [0.15, 0.2) is 48.1 Å². The highest BCUT2D eigenvalue weighted by Crippen LogP contribution is 2.11. The summed E-state index contributed by atoms with van der Waals surface area (Å²) >= 11 is 0. The molecular weight excluding hydrogens is 144 g/mol. The monoisotopic (exact) mass is 162 g/mol. The maximum atomic E-state index is 3.69. The molecule has 0 N–H and O–H groups in total. The molecule has 0 atom stereocenters. The Labute approximate surface area is 76.0 Å². The number of hydrogen-bond donors (Lipinski definition) is 0. The van der Waals surface area contributed by atoms with Gasteiger partial charge in [-0.25, -0.2) is 0 Å². The molecule has 0 saturated heterocycles. The summed E-state index contributed by atoms with van der Waals surface area (Å²) in [7, 11) is 0. The summed E-state index contributed by atoms with van der Waals surface area (Å²) < 4.78 is 0. The normalized spacial score (nSPS) is 13.9. The van der Waals surface area contributed by atoms with Gasteiger partial charge in [0.25, 0.3) is 0 Å². The number of rotatable bonds is 4. The average molecular weight is 162 g/mol. The summed E-state index contributed by atoms with van der Waals surface area (Å²) in [6.07, 6.45) is 11.3. The van der Waals surface area contributed by atoms with Crippen molar-refractivity contribution in [2.24, 2.45) is 0 Å². The van der Waals surface area contributed by atoms with E-state index in [2.05, 4.69) is 32.6 Å². The van der Waals surface area contributed by atoms with Gasteiger partial charge in [0.05, 0.1) is 0 Å². The molecule has 12 heavy (non-hydrogen) atoms. The molecular formula is C12H18. The lowest BCUT2D eigenvalue weighted by molar-refractivity contribution is 1.19. The predicted octanol–water partition coefficient (Wildman–Crippen LogP) is 4.03. The second-order valence-electron chi connectivity index (χ2n) is 2.65. The van der Waals surface area contributed by atoms with E-state index in [9.17, 15) is 0 Å². The Kier molecular flexibility index (Phi) is 6.08. The van der Waals surface area contributed by atoms with Crippen LogP contribution in [0.2, 0.25) is 0 Å². The van der Waals surface area contributed by atoms with Gasteiger partial charge < -0.3 is 0 Å². The molecule has 0 rings (SSSR count). The van der Waals surface area contributed by atoms with Gasteiger partial charge in [0, 0.05) is 0 Å². The van der Waals surface area contributed by atoms with E-state index < -0.39 is 0 Å². The molecule has 0 aliphatic carbocycles. The summed E-state index contributed by atoms with van der Waals surface area (Å²) in [6.45, 7) is 9.98. The predicted molar refractivity (Wildman–Crippen MR) is 57.1 cm³/mol. The summed E-state index contributed by atoms with van der Waals surface area (Å²) in [5.41, 5.74) is 2.56. The Balaban J connectivity index is 4.62. The summed E-state index contributed by atoms with van der Waals surface area (Å²) in [6, 6.07) is 0. The second-order valence-corrected chi connectivity index (χ2v) is 2.65. The molecule has 0 bridgehead atoms. The minimum Gasteiger partial charge on any atom is -0.0990 e. The fraction of sp³-hybridized carbons (Fsp3) is 0.333. The van der Waals surface area contributed by atoms with E-state index in [1.54, 1.807) is 0 Å². The summed E-state index contributed by atoms with van der Waals surface area (Å²) in [4.78, 5) is 0. The van der Waals surface area contributed by atoms with Crippen molar-refractivity contribution in [1.29, 1.82) is 0 Å². The van der Waals surface area contributed by atoms with Crippen molar-refractivity contribution in [2.45, 2.75) is 27.2 Å². The van der Waals surface area contributed by atoms with Gasteiger partial charge in [-0.1, -0.05) is 43.9 Å². The van der Waals surface area contributed by atoms with Crippen molar-refractivity contribution in [3.05, 3.63) is 48.1 Å². The van der Waals surface area contributed by atoms with Crippen molar-refractivity contribution in [1.82, 2.24) is 0 Å². The first-order valence-corrected chi connectivity index (χ1v) is 4.38. The lowest BCUT2D eigenvalue weighted by Crippen LogP contribution is -1.80. The zero-order valence-electron chi connectivity index (χ0n) is 8.30. The van der Waals surface area contributed by atoms with Crippen LogP contribution in [-0.4, -0.2) is 0 Å². The quantitative estimate of drug-likeness (QED) is 0.547. The van der Waals surface area contributed by atoms with E-state index in [0.717, 1.165) is 6.42 Å². The lowest BCUT2D eigenvalue weighted by atomic mass is 10.1. The largest absolute Gasteiger partial charge is 0.0990 e. The van der Waals surface area contributed by atoms with E-state index in [0.29, 0.717) is 0 Å². The van der Waals surface area contributed by atoms with Gasteiger partial charge >= 0.3 is 0 Å². The Bertz CT molecular complexity index is 214. The first-order valence-electron chi connectivity index (χ1n) is 4.38. The summed E-state index contributed by atoms with van der Waals surface area (Å²) in [5, 5.41) is 0. The Hall–Kier alpha value is -1.04. The third kappa shape index (κ3) is 3.97. The molecule has 0 unspecified atom stereocenters. The highest BCUT2D eigenvalue weighted by atomic mass is 14.0. The van der Waals surface area contributed by atoms with Crippen molar-refractivity contribution < 1.29 is 0 Å². The maximum absolute atomic E-state index is 3.69. The van der Waals surface area contributed by atoms with Crippen molar-refractivity contribution in [3.63, 3.8) is 0 Å². The fourth-order valence-electron chi connectivity index (χ4n) is 1.05. The number of hydrogen-bond acceptors (Lipinski definition) is 0. The van der Waals surface area contributed by atoms with Crippen LogP contribution < -0.4 is 0 Å². The van der Waals surface area contributed by atoms with Gasteiger partial charge in [-0.15, -0.1) is 0 Å². The summed E-state index contributed by atoms with van der Waals surface area (Å²) in [5.74, 6) is 0. The Morgan fingerprint density at radius 3 is 2.50 bits per heavy atom. The third-order valence-electron chi connectivity index (χ3n) is 1.61. The molecule has 0 radical (unpaired) electrons. The molecule has 0 spiro atoms.